The van der Waals surface area contributed by atoms with Gasteiger partial charge < -0.3 is 10.6 Å². The molecule has 1 aromatic rings. The number of rotatable bonds is 7. The topological polar surface area (TPSA) is 37.0 Å². The van der Waals surface area contributed by atoms with Crippen LogP contribution in [0.4, 0.5) is 11.5 Å². The monoisotopic (exact) mass is 207 g/mol. The molecular formula is C12H21N3. The lowest BCUT2D eigenvalue weighted by atomic mass is 10.2. The highest BCUT2D eigenvalue weighted by Gasteiger charge is 1.93. The largest absolute Gasteiger partial charge is 0.384 e. The van der Waals surface area contributed by atoms with Crippen molar-refractivity contribution < 1.29 is 0 Å². The quantitative estimate of drug-likeness (QED) is 0.674. The fourth-order valence-electron chi connectivity index (χ4n) is 1.40. The minimum atomic E-state index is 0.935. The van der Waals surface area contributed by atoms with Crippen LogP contribution in [-0.2, 0) is 0 Å². The molecule has 0 aliphatic carbocycles. The molecule has 0 aliphatic heterocycles. The molecule has 0 aliphatic rings. The number of nitrogens with zero attached hydrogens (tertiary/aromatic N) is 1. The normalized spacial score (nSPS) is 10.0. The van der Waals surface area contributed by atoms with E-state index in [1.807, 2.05) is 12.3 Å². The van der Waals surface area contributed by atoms with Crippen molar-refractivity contribution in [1.82, 2.24) is 4.98 Å². The van der Waals surface area contributed by atoms with Gasteiger partial charge in [0, 0.05) is 13.1 Å². The number of pyridine rings is 1. The molecule has 0 radical (unpaired) electrons. The fourth-order valence-corrected chi connectivity index (χ4v) is 1.40. The average Bonchev–Trinajstić information content (AvgIpc) is 2.27. The SMILES string of the molecule is CCCCCNc1ccc(NCC)cn1. The van der Waals surface area contributed by atoms with Crippen molar-refractivity contribution in [2.45, 2.75) is 33.1 Å². The highest BCUT2D eigenvalue weighted by Crippen LogP contribution is 2.09. The summed E-state index contributed by atoms with van der Waals surface area (Å²) < 4.78 is 0. The van der Waals surface area contributed by atoms with Crippen molar-refractivity contribution in [3.8, 4) is 0 Å². The number of hydrogen-bond donors (Lipinski definition) is 2. The maximum Gasteiger partial charge on any atom is 0.126 e. The van der Waals surface area contributed by atoms with E-state index in [0.29, 0.717) is 0 Å². The summed E-state index contributed by atoms with van der Waals surface area (Å²) in [5.74, 6) is 0.966. The lowest BCUT2D eigenvalue weighted by Gasteiger charge is -2.06. The smallest absolute Gasteiger partial charge is 0.126 e. The van der Waals surface area contributed by atoms with Gasteiger partial charge in [0.05, 0.1) is 11.9 Å². The Hall–Kier alpha value is -1.25. The van der Waals surface area contributed by atoms with Crippen molar-refractivity contribution in [2.24, 2.45) is 0 Å². The zero-order valence-corrected chi connectivity index (χ0v) is 9.71. The Bertz CT molecular complexity index is 256. The lowest BCUT2D eigenvalue weighted by molar-refractivity contribution is 0.742. The summed E-state index contributed by atoms with van der Waals surface area (Å²) in [6.45, 7) is 6.24. The minimum absolute atomic E-state index is 0.935. The second-order valence-corrected chi connectivity index (χ2v) is 3.60. The molecule has 3 heteroatoms. The Morgan fingerprint density at radius 1 is 1.13 bits per heavy atom. The molecule has 1 aromatic heterocycles. The number of anilines is 2. The molecule has 0 aromatic carbocycles. The Balaban J connectivity index is 2.29. The highest BCUT2D eigenvalue weighted by atomic mass is 15.0. The van der Waals surface area contributed by atoms with Crippen LogP contribution in [0.2, 0.25) is 0 Å². The zero-order valence-electron chi connectivity index (χ0n) is 9.71. The van der Waals surface area contributed by atoms with E-state index >= 15 is 0 Å². The van der Waals surface area contributed by atoms with Gasteiger partial charge in [-0.25, -0.2) is 4.98 Å². The molecule has 2 N–H and O–H groups in total. The van der Waals surface area contributed by atoms with Crippen LogP contribution in [0.15, 0.2) is 18.3 Å². The number of aromatic nitrogens is 1. The average molecular weight is 207 g/mol. The van der Waals surface area contributed by atoms with Gasteiger partial charge in [0.2, 0.25) is 0 Å². The maximum absolute atomic E-state index is 4.32. The number of nitrogens with one attached hydrogen (secondary N) is 2. The third-order valence-corrected chi connectivity index (χ3v) is 2.23. The van der Waals surface area contributed by atoms with Crippen LogP contribution >= 0.6 is 0 Å². The predicted molar refractivity (Wildman–Crippen MR) is 66.4 cm³/mol. The molecular weight excluding hydrogens is 186 g/mol. The van der Waals surface area contributed by atoms with Crippen LogP contribution in [0.5, 0.6) is 0 Å². The predicted octanol–water partition coefficient (Wildman–Crippen LogP) is 3.12. The lowest BCUT2D eigenvalue weighted by Crippen LogP contribution is -2.03. The summed E-state index contributed by atoms with van der Waals surface area (Å²) in [6, 6.07) is 4.07. The van der Waals surface area contributed by atoms with Gasteiger partial charge in [-0.2, -0.15) is 0 Å². The van der Waals surface area contributed by atoms with Gasteiger partial charge in [0.15, 0.2) is 0 Å². The third-order valence-electron chi connectivity index (χ3n) is 2.23. The molecule has 0 spiro atoms. The van der Waals surface area contributed by atoms with Gasteiger partial charge >= 0.3 is 0 Å². The summed E-state index contributed by atoms with van der Waals surface area (Å²) in [6.07, 6.45) is 5.62. The molecule has 0 saturated heterocycles. The molecule has 0 amide bonds. The van der Waals surface area contributed by atoms with Gasteiger partial charge in [-0.05, 0) is 25.5 Å². The van der Waals surface area contributed by atoms with Crippen LogP contribution < -0.4 is 10.6 Å². The number of hydrogen-bond acceptors (Lipinski definition) is 3. The maximum atomic E-state index is 4.32. The molecule has 0 saturated carbocycles. The van der Waals surface area contributed by atoms with Crippen molar-refractivity contribution in [3.63, 3.8) is 0 Å². The van der Waals surface area contributed by atoms with Crippen molar-refractivity contribution >= 4 is 11.5 Å². The molecule has 3 nitrogen and oxygen atoms in total. The first kappa shape index (κ1) is 11.8. The zero-order chi connectivity index (χ0) is 10.9. The highest BCUT2D eigenvalue weighted by molar-refractivity contribution is 5.46. The molecule has 1 heterocycles. The van der Waals surface area contributed by atoms with Crippen LogP contribution in [0, 0.1) is 0 Å². The van der Waals surface area contributed by atoms with Gasteiger partial charge in [0.1, 0.15) is 5.82 Å². The van der Waals surface area contributed by atoms with Crippen LogP contribution in [0.25, 0.3) is 0 Å². The van der Waals surface area contributed by atoms with E-state index in [-0.39, 0.29) is 0 Å². The molecule has 0 unspecified atom stereocenters. The van der Waals surface area contributed by atoms with E-state index in [9.17, 15) is 0 Å². The standard InChI is InChI=1S/C12H21N3/c1-3-5-6-9-14-12-8-7-11(10-15-12)13-4-2/h7-8,10,13H,3-6,9H2,1-2H3,(H,14,15). The summed E-state index contributed by atoms with van der Waals surface area (Å²) in [7, 11) is 0. The fraction of sp³-hybridized carbons (Fsp3) is 0.583. The van der Waals surface area contributed by atoms with Crippen LogP contribution in [0.1, 0.15) is 33.1 Å². The molecule has 84 valence electrons. The van der Waals surface area contributed by atoms with Gasteiger partial charge in [-0.15, -0.1) is 0 Å². The molecule has 0 fully saturated rings. The van der Waals surface area contributed by atoms with E-state index in [4.69, 9.17) is 0 Å². The van der Waals surface area contributed by atoms with Crippen molar-refractivity contribution in [3.05, 3.63) is 18.3 Å². The van der Waals surface area contributed by atoms with Crippen LogP contribution in [0.3, 0.4) is 0 Å². The Morgan fingerprint density at radius 2 is 2.00 bits per heavy atom. The second kappa shape index (κ2) is 7.10. The summed E-state index contributed by atoms with van der Waals surface area (Å²) in [4.78, 5) is 4.32. The summed E-state index contributed by atoms with van der Waals surface area (Å²) >= 11 is 0. The van der Waals surface area contributed by atoms with Crippen molar-refractivity contribution in [1.29, 1.82) is 0 Å². The van der Waals surface area contributed by atoms with E-state index in [1.165, 1.54) is 19.3 Å². The van der Waals surface area contributed by atoms with E-state index < -0.39 is 0 Å². The van der Waals surface area contributed by atoms with E-state index in [0.717, 1.165) is 24.6 Å². The second-order valence-electron chi connectivity index (χ2n) is 3.60. The first-order valence-corrected chi connectivity index (χ1v) is 5.80. The van der Waals surface area contributed by atoms with Crippen molar-refractivity contribution in [2.75, 3.05) is 23.7 Å². The van der Waals surface area contributed by atoms with Gasteiger partial charge in [0.25, 0.3) is 0 Å². The molecule has 15 heavy (non-hydrogen) atoms. The van der Waals surface area contributed by atoms with Crippen LogP contribution in [-0.4, -0.2) is 18.1 Å². The third kappa shape index (κ3) is 4.68. The molecule has 0 atom stereocenters. The molecule has 0 bridgehead atoms. The van der Waals surface area contributed by atoms with Gasteiger partial charge in [-0.3, -0.25) is 0 Å². The first-order valence-electron chi connectivity index (χ1n) is 5.80. The Morgan fingerprint density at radius 3 is 2.60 bits per heavy atom. The minimum Gasteiger partial charge on any atom is -0.384 e. The summed E-state index contributed by atoms with van der Waals surface area (Å²) in [5, 5.41) is 6.53. The van der Waals surface area contributed by atoms with E-state index in [1.54, 1.807) is 0 Å². The summed E-state index contributed by atoms with van der Waals surface area (Å²) in [5.41, 5.74) is 1.08. The molecule has 1 rings (SSSR count). The first-order chi connectivity index (χ1) is 7.36. The Labute approximate surface area is 92.3 Å². The number of unbranched alkanes of at least 4 members (excludes halogenated alkanes) is 2. The van der Waals surface area contributed by atoms with E-state index in [2.05, 4.69) is 35.5 Å². The Kier molecular flexibility index (Phi) is 5.59. The van der Waals surface area contributed by atoms with Gasteiger partial charge in [-0.1, -0.05) is 19.8 Å².